The zero-order chi connectivity index (χ0) is 10.6. The van der Waals surface area contributed by atoms with Gasteiger partial charge in [-0.15, -0.1) is 0 Å². The highest BCUT2D eigenvalue weighted by Crippen LogP contribution is 2.05. The molecule has 1 saturated heterocycles. The van der Waals surface area contributed by atoms with E-state index in [-0.39, 0.29) is 17.9 Å². The van der Waals surface area contributed by atoms with Gasteiger partial charge in [-0.25, -0.2) is 0 Å². The maximum Gasteiger partial charge on any atom is 0.246 e. The van der Waals surface area contributed by atoms with Crippen molar-refractivity contribution in [2.75, 3.05) is 6.54 Å². The lowest BCUT2D eigenvalue weighted by Gasteiger charge is -2.14. The molecule has 1 aliphatic heterocycles. The first-order valence-corrected chi connectivity index (χ1v) is 4.85. The van der Waals surface area contributed by atoms with Gasteiger partial charge in [-0.1, -0.05) is 6.58 Å². The molecule has 0 aromatic carbocycles. The van der Waals surface area contributed by atoms with Gasteiger partial charge in [0.25, 0.3) is 0 Å². The lowest BCUT2D eigenvalue weighted by atomic mass is 10.1. The van der Waals surface area contributed by atoms with Gasteiger partial charge >= 0.3 is 0 Å². The molecule has 14 heavy (non-hydrogen) atoms. The van der Waals surface area contributed by atoms with E-state index >= 15 is 0 Å². The smallest absolute Gasteiger partial charge is 0.246 e. The van der Waals surface area contributed by atoms with E-state index in [1.165, 1.54) is 0 Å². The van der Waals surface area contributed by atoms with Crippen LogP contribution in [-0.4, -0.2) is 24.4 Å². The van der Waals surface area contributed by atoms with Gasteiger partial charge in [-0.3, -0.25) is 9.59 Å². The van der Waals surface area contributed by atoms with E-state index < -0.39 is 0 Å². The van der Waals surface area contributed by atoms with Crippen molar-refractivity contribution in [2.45, 2.75) is 32.2 Å². The molecule has 1 atom stereocenters. The van der Waals surface area contributed by atoms with Crippen molar-refractivity contribution in [3.05, 3.63) is 12.2 Å². The van der Waals surface area contributed by atoms with Gasteiger partial charge < -0.3 is 10.6 Å². The lowest BCUT2D eigenvalue weighted by Crippen LogP contribution is -2.45. The van der Waals surface area contributed by atoms with Gasteiger partial charge in [0.15, 0.2) is 0 Å². The molecule has 0 bridgehead atoms. The summed E-state index contributed by atoms with van der Waals surface area (Å²) in [5.74, 6) is -0.329. The number of rotatable bonds is 2. The van der Waals surface area contributed by atoms with Gasteiger partial charge in [0.05, 0.1) is 0 Å². The zero-order valence-electron chi connectivity index (χ0n) is 8.43. The lowest BCUT2D eigenvalue weighted by molar-refractivity contribution is -0.127. The molecule has 0 radical (unpaired) electrons. The Morgan fingerprint density at radius 2 is 2.29 bits per heavy atom. The van der Waals surface area contributed by atoms with E-state index in [1.54, 1.807) is 6.92 Å². The highest BCUT2D eigenvalue weighted by Gasteiger charge is 2.22. The van der Waals surface area contributed by atoms with Crippen LogP contribution in [0.2, 0.25) is 0 Å². The van der Waals surface area contributed by atoms with Crippen LogP contribution < -0.4 is 10.6 Å². The molecule has 1 aliphatic rings. The zero-order valence-corrected chi connectivity index (χ0v) is 8.43. The fourth-order valence-electron chi connectivity index (χ4n) is 1.36. The molecule has 4 nitrogen and oxygen atoms in total. The van der Waals surface area contributed by atoms with Crippen LogP contribution in [0, 0.1) is 0 Å². The van der Waals surface area contributed by atoms with Crippen molar-refractivity contribution in [3.8, 4) is 0 Å². The molecule has 4 heteroatoms. The Morgan fingerprint density at radius 1 is 1.57 bits per heavy atom. The molecular weight excluding hydrogens is 180 g/mol. The molecule has 1 heterocycles. The molecule has 0 aromatic rings. The fourth-order valence-corrected chi connectivity index (χ4v) is 1.36. The summed E-state index contributed by atoms with van der Waals surface area (Å²) in [5, 5.41) is 5.41. The fraction of sp³-hybridized carbons (Fsp3) is 0.600. The summed E-state index contributed by atoms with van der Waals surface area (Å²) in [6.45, 7) is 5.86. The van der Waals surface area contributed by atoms with Crippen LogP contribution in [0.25, 0.3) is 0 Å². The van der Waals surface area contributed by atoms with E-state index in [2.05, 4.69) is 17.2 Å². The standard InChI is InChI=1S/C10H16N2O2/c1-7(2)9(13)12-8-5-3-4-6-11-10(8)14/h8H,1,3-6H2,2H3,(H,11,14)(H,12,13). The highest BCUT2D eigenvalue weighted by molar-refractivity contribution is 5.96. The van der Waals surface area contributed by atoms with E-state index in [0.29, 0.717) is 18.5 Å². The van der Waals surface area contributed by atoms with Crippen LogP contribution in [0.4, 0.5) is 0 Å². The summed E-state index contributed by atoms with van der Waals surface area (Å²) in [4.78, 5) is 22.7. The summed E-state index contributed by atoms with van der Waals surface area (Å²) in [6.07, 6.45) is 2.65. The maximum absolute atomic E-state index is 11.4. The third kappa shape index (κ3) is 2.87. The summed E-state index contributed by atoms with van der Waals surface area (Å²) < 4.78 is 0. The average molecular weight is 196 g/mol. The number of carbonyl (C=O) groups excluding carboxylic acids is 2. The summed E-state index contributed by atoms with van der Waals surface area (Å²) in [5.41, 5.74) is 0.432. The molecule has 0 aromatic heterocycles. The molecule has 1 rings (SSSR count). The first-order valence-electron chi connectivity index (χ1n) is 4.85. The van der Waals surface area contributed by atoms with E-state index in [4.69, 9.17) is 0 Å². The summed E-state index contributed by atoms with van der Waals surface area (Å²) in [7, 11) is 0. The Kier molecular flexibility index (Phi) is 3.68. The van der Waals surface area contributed by atoms with Crippen molar-refractivity contribution in [2.24, 2.45) is 0 Å². The maximum atomic E-state index is 11.4. The molecule has 1 unspecified atom stereocenters. The van der Waals surface area contributed by atoms with Crippen molar-refractivity contribution in [1.29, 1.82) is 0 Å². The number of hydrogen-bond acceptors (Lipinski definition) is 2. The summed E-state index contributed by atoms with van der Waals surface area (Å²) >= 11 is 0. The molecule has 0 spiro atoms. The SMILES string of the molecule is C=C(C)C(=O)NC1CCCCNC1=O. The van der Waals surface area contributed by atoms with Gasteiger partial charge in [-0.2, -0.15) is 0 Å². The molecule has 0 aliphatic carbocycles. The van der Waals surface area contributed by atoms with Crippen LogP contribution in [0.5, 0.6) is 0 Å². The molecule has 1 fully saturated rings. The molecule has 0 saturated carbocycles. The minimum Gasteiger partial charge on any atom is -0.354 e. The number of carbonyl (C=O) groups is 2. The Balaban J connectivity index is 2.52. The van der Waals surface area contributed by atoms with Gasteiger partial charge in [-0.05, 0) is 26.2 Å². The first-order chi connectivity index (χ1) is 6.61. The van der Waals surface area contributed by atoms with Gasteiger partial charge in [0.2, 0.25) is 11.8 Å². The second-order valence-electron chi connectivity index (χ2n) is 3.59. The quantitative estimate of drug-likeness (QED) is 0.626. The highest BCUT2D eigenvalue weighted by atomic mass is 16.2. The molecule has 78 valence electrons. The Bertz CT molecular complexity index is 261. The average Bonchev–Trinajstić information content (AvgIpc) is 2.32. The second kappa shape index (κ2) is 4.79. The van der Waals surface area contributed by atoms with Crippen LogP contribution >= 0.6 is 0 Å². The van der Waals surface area contributed by atoms with Crippen molar-refractivity contribution in [1.82, 2.24) is 10.6 Å². The number of nitrogens with one attached hydrogen (secondary N) is 2. The third-order valence-electron chi connectivity index (χ3n) is 2.23. The van der Waals surface area contributed by atoms with E-state index in [0.717, 1.165) is 12.8 Å². The van der Waals surface area contributed by atoms with Gasteiger partial charge in [0, 0.05) is 12.1 Å². The van der Waals surface area contributed by atoms with Crippen molar-refractivity contribution < 1.29 is 9.59 Å². The van der Waals surface area contributed by atoms with Crippen molar-refractivity contribution >= 4 is 11.8 Å². The third-order valence-corrected chi connectivity index (χ3v) is 2.23. The van der Waals surface area contributed by atoms with Crippen molar-refractivity contribution in [3.63, 3.8) is 0 Å². The molecule has 2 N–H and O–H groups in total. The van der Waals surface area contributed by atoms with E-state index in [1.807, 2.05) is 0 Å². The largest absolute Gasteiger partial charge is 0.354 e. The van der Waals surface area contributed by atoms with Crippen LogP contribution in [0.1, 0.15) is 26.2 Å². The van der Waals surface area contributed by atoms with E-state index in [9.17, 15) is 9.59 Å². The van der Waals surface area contributed by atoms with Crippen LogP contribution in [0.3, 0.4) is 0 Å². The first kappa shape index (κ1) is 10.8. The van der Waals surface area contributed by atoms with Gasteiger partial charge in [0.1, 0.15) is 6.04 Å². The normalized spacial score (nSPS) is 22.1. The second-order valence-corrected chi connectivity index (χ2v) is 3.59. The number of hydrogen-bond donors (Lipinski definition) is 2. The Labute approximate surface area is 83.8 Å². The topological polar surface area (TPSA) is 58.2 Å². The van der Waals surface area contributed by atoms with Crippen LogP contribution in [-0.2, 0) is 9.59 Å². The minimum absolute atomic E-state index is 0.0860. The Morgan fingerprint density at radius 3 is 2.93 bits per heavy atom. The van der Waals surface area contributed by atoms with Crippen LogP contribution in [0.15, 0.2) is 12.2 Å². The number of amides is 2. The minimum atomic E-state index is -0.387. The monoisotopic (exact) mass is 196 g/mol. The predicted octanol–water partition coefficient (Wildman–Crippen LogP) is 0.347. The predicted molar refractivity (Wildman–Crippen MR) is 53.6 cm³/mol. The summed E-state index contributed by atoms with van der Waals surface area (Å²) in [6, 6.07) is -0.387. The molecular formula is C10H16N2O2. The molecule has 2 amide bonds. The Hall–Kier alpha value is -1.32.